The third-order valence-electron chi connectivity index (χ3n) is 4.06. The van der Waals surface area contributed by atoms with Gasteiger partial charge in [-0.05, 0) is 71.8 Å². The maximum Gasteiger partial charge on any atom is 0.234 e. The van der Waals surface area contributed by atoms with E-state index in [0.29, 0.717) is 11.7 Å². The monoisotopic (exact) mass is 505 g/mol. The van der Waals surface area contributed by atoms with Crippen molar-refractivity contribution < 1.29 is 4.79 Å². The van der Waals surface area contributed by atoms with Gasteiger partial charge in [0.25, 0.3) is 0 Å². The molecule has 2 aromatic heterocycles. The molecule has 3 aromatic rings. The summed E-state index contributed by atoms with van der Waals surface area (Å²) < 4.78 is 3.10. The molecule has 0 radical (unpaired) electrons. The van der Waals surface area contributed by atoms with Crippen LogP contribution in [0, 0.1) is 17.4 Å². The molecule has 1 amide bonds. The summed E-state index contributed by atoms with van der Waals surface area (Å²) in [6.07, 6.45) is 5.22. The summed E-state index contributed by atoms with van der Waals surface area (Å²) in [6.45, 7) is 8.37. The number of nitrogens with one attached hydrogen (secondary N) is 1. The molecule has 0 atom stereocenters. The van der Waals surface area contributed by atoms with Crippen molar-refractivity contribution in [2.24, 2.45) is 0 Å². The highest BCUT2D eigenvalue weighted by Gasteiger charge is 2.15. The van der Waals surface area contributed by atoms with E-state index in [1.54, 1.807) is 18.5 Å². The minimum atomic E-state index is -0.0731. The number of amides is 1. The SMILES string of the molecule is C=CCn1c(SCC(=O)Nc2c(C)cc(I)cc2C)nnc1-c1ccncc1. The quantitative estimate of drug-likeness (QED) is 0.291. The Bertz CT molecular complexity index is 980. The van der Waals surface area contributed by atoms with Crippen molar-refractivity contribution in [3.05, 3.63) is 64.0 Å². The van der Waals surface area contributed by atoms with Crippen LogP contribution >= 0.6 is 34.4 Å². The summed E-state index contributed by atoms with van der Waals surface area (Å²) in [4.78, 5) is 16.5. The fourth-order valence-electron chi connectivity index (χ4n) is 2.82. The van der Waals surface area contributed by atoms with Gasteiger partial charge in [0.05, 0.1) is 5.75 Å². The molecule has 0 saturated carbocycles. The van der Waals surface area contributed by atoms with Crippen molar-refractivity contribution in [1.29, 1.82) is 0 Å². The molecule has 0 unspecified atom stereocenters. The highest BCUT2D eigenvalue weighted by atomic mass is 127. The molecule has 28 heavy (non-hydrogen) atoms. The second-order valence-electron chi connectivity index (χ2n) is 6.19. The van der Waals surface area contributed by atoms with Crippen molar-refractivity contribution in [1.82, 2.24) is 19.7 Å². The van der Waals surface area contributed by atoms with Crippen LogP contribution in [0.15, 0.2) is 54.5 Å². The van der Waals surface area contributed by atoms with Gasteiger partial charge in [0, 0.05) is 33.8 Å². The molecular weight excluding hydrogens is 485 g/mol. The number of allylic oxidation sites excluding steroid dienone is 1. The maximum atomic E-state index is 12.5. The van der Waals surface area contributed by atoms with Gasteiger partial charge >= 0.3 is 0 Å². The zero-order chi connectivity index (χ0) is 20.1. The fraction of sp³-hybridized carbons (Fsp3) is 0.200. The van der Waals surface area contributed by atoms with Crippen molar-refractivity contribution in [3.8, 4) is 11.4 Å². The molecule has 0 aliphatic rings. The van der Waals surface area contributed by atoms with Gasteiger partial charge in [-0.15, -0.1) is 16.8 Å². The van der Waals surface area contributed by atoms with Crippen LogP contribution in [0.5, 0.6) is 0 Å². The van der Waals surface area contributed by atoms with Crippen LogP contribution in [0.25, 0.3) is 11.4 Å². The number of benzene rings is 1. The number of halogens is 1. The zero-order valence-electron chi connectivity index (χ0n) is 15.6. The number of thioether (sulfide) groups is 1. The molecule has 6 nitrogen and oxygen atoms in total. The first-order valence-corrected chi connectivity index (χ1v) is 10.7. The Balaban J connectivity index is 1.73. The molecule has 3 rings (SSSR count). The smallest absolute Gasteiger partial charge is 0.234 e. The lowest BCUT2D eigenvalue weighted by Gasteiger charge is -2.12. The Morgan fingerprint density at radius 3 is 2.57 bits per heavy atom. The molecule has 8 heteroatoms. The number of nitrogens with zero attached hydrogens (tertiary/aromatic N) is 4. The first-order valence-electron chi connectivity index (χ1n) is 8.63. The van der Waals surface area contributed by atoms with Crippen LogP contribution < -0.4 is 5.32 Å². The molecule has 0 saturated heterocycles. The van der Waals surface area contributed by atoms with E-state index in [9.17, 15) is 4.79 Å². The average molecular weight is 505 g/mol. The lowest BCUT2D eigenvalue weighted by atomic mass is 10.1. The van der Waals surface area contributed by atoms with Gasteiger partial charge in [0.1, 0.15) is 0 Å². The predicted molar refractivity (Wildman–Crippen MR) is 121 cm³/mol. The van der Waals surface area contributed by atoms with Gasteiger partial charge in [0.15, 0.2) is 11.0 Å². The van der Waals surface area contributed by atoms with E-state index >= 15 is 0 Å². The highest BCUT2D eigenvalue weighted by molar-refractivity contribution is 14.1. The van der Waals surface area contributed by atoms with Gasteiger partial charge in [-0.3, -0.25) is 14.3 Å². The molecule has 0 bridgehead atoms. The van der Waals surface area contributed by atoms with Crippen LogP contribution in [0.1, 0.15) is 11.1 Å². The summed E-state index contributed by atoms with van der Waals surface area (Å²) in [6, 6.07) is 7.87. The molecule has 0 spiro atoms. The molecule has 144 valence electrons. The number of rotatable bonds is 7. The van der Waals surface area contributed by atoms with Crippen LogP contribution in [-0.4, -0.2) is 31.4 Å². The van der Waals surface area contributed by atoms with E-state index in [0.717, 1.165) is 31.8 Å². The minimum Gasteiger partial charge on any atom is -0.325 e. The number of anilines is 1. The lowest BCUT2D eigenvalue weighted by molar-refractivity contribution is -0.113. The van der Waals surface area contributed by atoms with E-state index in [2.05, 4.69) is 61.8 Å². The largest absolute Gasteiger partial charge is 0.325 e. The van der Waals surface area contributed by atoms with E-state index < -0.39 is 0 Å². The third-order valence-corrected chi connectivity index (χ3v) is 5.65. The Morgan fingerprint density at radius 1 is 1.25 bits per heavy atom. The van der Waals surface area contributed by atoms with Gasteiger partial charge in [-0.25, -0.2) is 0 Å². The zero-order valence-corrected chi connectivity index (χ0v) is 18.6. The second kappa shape index (κ2) is 9.33. The van der Waals surface area contributed by atoms with E-state index in [1.165, 1.54) is 11.8 Å². The van der Waals surface area contributed by atoms with Crippen LogP contribution in [-0.2, 0) is 11.3 Å². The summed E-state index contributed by atoms with van der Waals surface area (Å²) in [5.74, 6) is 0.904. The number of carbonyl (C=O) groups is 1. The van der Waals surface area contributed by atoms with Gasteiger partial charge in [-0.2, -0.15) is 0 Å². The predicted octanol–water partition coefficient (Wildman–Crippen LogP) is 4.48. The van der Waals surface area contributed by atoms with Crippen molar-refractivity contribution in [2.75, 3.05) is 11.1 Å². The molecule has 1 aromatic carbocycles. The second-order valence-corrected chi connectivity index (χ2v) is 8.38. The number of aryl methyl sites for hydroxylation is 2. The van der Waals surface area contributed by atoms with Crippen LogP contribution in [0.3, 0.4) is 0 Å². The Kier molecular flexibility index (Phi) is 6.84. The van der Waals surface area contributed by atoms with Crippen molar-refractivity contribution >= 4 is 45.9 Å². The van der Waals surface area contributed by atoms with E-state index in [1.807, 2.05) is 30.5 Å². The average Bonchev–Trinajstić information content (AvgIpc) is 3.07. The summed E-state index contributed by atoms with van der Waals surface area (Å²) in [5.41, 5.74) is 3.90. The van der Waals surface area contributed by atoms with Crippen LogP contribution in [0.4, 0.5) is 5.69 Å². The number of pyridine rings is 1. The van der Waals surface area contributed by atoms with Gasteiger partial charge < -0.3 is 5.32 Å². The summed E-state index contributed by atoms with van der Waals surface area (Å²) >= 11 is 3.63. The number of hydrogen-bond donors (Lipinski definition) is 1. The highest BCUT2D eigenvalue weighted by Crippen LogP contribution is 2.26. The molecule has 2 heterocycles. The molecule has 1 N–H and O–H groups in total. The fourth-order valence-corrected chi connectivity index (χ4v) is 4.50. The third kappa shape index (κ3) is 4.79. The summed E-state index contributed by atoms with van der Waals surface area (Å²) in [7, 11) is 0. The van der Waals surface area contributed by atoms with E-state index in [4.69, 9.17) is 0 Å². The Morgan fingerprint density at radius 2 is 1.93 bits per heavy atom. The Hall–Kier alpha value is -2.20. The number of carbonyl (C=O) groups excluding carboxylic acids is 1. The topological polar surface area (TPSA) is 72.7 Å². The normalized spacial score (nSPS) is 10.7. The maximum absolute atomic E-state index is 12.5. The van der Waals surface area contributed by atoms with Gasteiger partial charge in [0.2, 0.25) is 5.91 Å². The summed E-state index contributed by atoms with van der Waals surface area (Å²) in [5, 5.41) is 12.2. The first kappa shape index (κ1) is 20.5. The Labute approximate surface area is 182 Å². The molecule has 0 fully saturated rings. The number of hydrogen-bond acceptors (Lipinski definition) is 5. The molecular formula is C20H20IN5OS. The molecule has 0 aliphatic carbocycles. The lowest BCUT2D eigenvalue weighted by Crippen LogP contribution is -2.16. The van der Waals surface area contributed by atoms with Gasteiger partial charge in [-0.1, -0.05) is 17.8 Å². The van der Waals surface area contributed by atoms with Crippen LogP contribution in [0.2, 0.25) is 0 Å². The van der Waals surface area contributed by atoms with Crippen molar-refractivity contribution in [3.63, 3.8) is 0 Å². The number of aromatic nitrogens is 4. The molecule has 0 aliphatic heterocycles. The first-order chi connectivity index (χ1) is 13.5. The van der Waals surface area contributed by atoms with E-state index in [-0.39, 0.29) is 11.7 Å². The standard InChI is InChI=1S/C20H20IN5OS/c1-4-9-26-19(15-5-7-22-8-6-15)24-25-20(26)28-12-17(27)23-18-13(2)10-16(21)11-14(18)3/h4-8,10-11H,1,9,12H2,2-3H3,(H,23,27). The van der Waals surface area contributed by atoms with Crippen molar-refractivity contribution in [2.45, 2.75) is 25.5 Å². The minimum absolute atomic E-state index is 0.0731.